The van der Waals surface area contributed by atoms with E-state index in [1.54, 1.807) is 12.1 Å². The van der Waals surface area contributed by atoms with Gasteiger partial charge >= 0.3 is 0 Å². The summed E-state index contributed by atoms with van der Waals surface area (Å²) < 4.78 is 33.4. The molecule has 0 aromatic heterocycles. The van der Waals surface area contributed by atoms with Crippen LogP contribution in [0.3, 0.4) is 0 Å². The Morgan fingerprint density at radius 2 is 1.61 bits per heavy atom. The molecule has 1 aliphatic carbocycles. The highest BCUT2D eigenvalue weighted by atomic mass is 32.2. The summed E-state index contributed by atoms with van der Waals surface area (Å²) in [5.41, 5.74) is 4.67. The molecule has 1 spiro atoms. The van der Waals surface area contributed by atoms with E-state index in [2.05, 4.69) is 5.32 Å². The number of carbonyl (C=O) groups is 1. The minimum absolute atomic E-state index is 0.116. The molecule has 1 amide bonds. The van der Waals surface area contributed by atoms with Gasteiger partial charge < -0.3 is 10.1 Å². The molecule has 0 unspecified atom stereocenters. The van der Waals surface area contributed by atoms with Crippen molar-refractivity contribution in [2.24, 2.45) is 0 Å². The fraction of sp³-hybridized carbons (Fsp3) is 0.387. The van der Waals surface area contributed by atoms with E-state index in [1.165, 1.54) is 17.0 Å². The zero-order chi connectivity index (χ0) is 26.9. The van der Waals surface area contributed by atoms with E-state index in [1.807, 2.05) is 68.4 Å². The van der Waals surface area contributed by atoms with Crippen molar-refractivity contribution in [1.29, 1.82) is 0 Å². The van der Waals surface area contributed by atoms with Gasteiger partial charge in [-0.3, -0.25) is 9.10 Å². The van der Waals surface area contributed by atoms with Crippen molar-refractivity contribution < 1.29 is 17.9 Å². The molecule has 2 aliphatic rings. The van der Waals surface area contributed by atoms with Crippen molar-refractivity contribution in [3.63, 3.8) is 0 Å². The third-order valence-corrected chi connectivity index (χ3v) is 9.01. The molecular weight excluding hydrogens is 496 g/mol. The van der Waals surface area contributed by atoms with Crippen molar-refractivity contribution in [2.75, 3.05) is 10.6 Å². The van der Waals surface area contributed by atoms with Gasteiger partial charge in [0.25, 0.3) is 5.91 Å². The Bertz CT molecular complexity index is 1410. The second kappa shape index (κ2) is 10.4. The minimum atomic E-state index is -3.51. The lowest BCUT2D eigenvalue weighted by molar-refractivity contribution is -0.00210. The number of ether oxygens (including phenoxy) is 1. The summed E-state index contributed by atoms with van der Waals surface area (Å²) in [5, 5.41) is 3.26. The Morgan fingerprint density at radius 3 is 2.26 bits per heavy atom. The van der Waals surface area contributed by atoms with Crippen molar-refractivity contribution in [1.82, 2.24) is 5.32 Å². The number of rotatable bonds is 6. The van der Waals surface area contributed by atoms with Gasteiger partial charge in [-0.25, -0.2) is 8.42 Å². The first-order chi connectivity index (χ1) is 18.2. The molecule has 3 aromatic carbocycles. The van der Waals surface area contributed by atoms with E-state index < -0.39 is 10.0 Å². The Kier molecular flexibility index (Phi) is 7.23. The summed E-state index contributed by atoms with van der Waals surface area (Å²) in [6.07, 6.45) is 7.56. The molecule has 1 aliphatic heterocycles. The lowest BCUT2D eigenvalue weighted by Crippen LogP contribution is -2.46. The Morgan fingerprint density at radius 1 is 0.947 bits per heavy atom. The van der Waals surface area contributed by atoms with Crippen LogP contribution in [0, 0.1) is 13.8 Å². The summed E-state index contributed by atoms with van der Waals surface area (Å²) in [6.45, 7) is 4.03. The zero-order valence-electron chi connectivity index (χ0n) is 22.4. The van der Waals surface area contributed by atoms with Crippen molar-refractivity contribution in [3.8, 4) is 5.75 Å². The van der Waals surface area contributed by atoms with E-state index in [-0.39, 0.29) is 24.1 Å². The third-order valence-electron chi connectivity index (χ3n) is 7.90. The number of aryl methyl sites for hydroxylation is 2. The number of para-hydroxylation sites is 2. The van der Waals surface area contributed by atoms with Crippen LogP contribution in [-0.4, -0.2) is 26.2 Å². The smallest absolute Gasteiger partial charge is 0.251 e. The molecule has 1 atom stereocenters. The molecule has 38 heavy (non-hydrogen) atoms. The molecule has 0 saturated heterocycles. The first kappa shape index (κ1) is 26.3. The number of hydrogen-bond acceptors (Lipinski definition) is 4. The molecule has 1 N–H and O–H groups in total. The lowest BCUT2D eigenvalue weighted by atomic mass is 9.77. The van der Waals surface area contributed by atoms with E-state index in [9.17, 15) is 13.2 Å². The van der Waals surface area contributed by atoms with Crippen LogP contribution >= 0.6 is 0 Å². The molecule has 1 fully saturated rings. The predicted molar refractivity (Wildman–Crippen MR) is 151 cm³/mol. The number of sulfonamides is 1. The van der Waals surface area contributed by atoms with Gasteiger partial charge in [-0.1, -0.05) is 55.0 Å². The monoisotopic (exact) mass is 532 g/mol. The van der Waals surface area contributed by atoms with Crippen molar-refractivity contribution in [2.45, 2.75) is 70.6 Å². The summed E-state index contributed by atoms with van der Waals surface area (Å²) >= 11 is 0. The third kappa shape index (κ3) is 5.44. The molecule has 0 bridgehead atoms. The fourth-order valence-electron chi connectivity index (χ4n) is 5.98. The number of amides is 1. The number of nitrogens with one attached hydrogen (secondary N) is 1. The zero-order valence-corrected chi connectivity index (χ0v) is 23.2. The van der Waals surface area contributed by atoms with Crippen LogP contribution in [0.4, 0.5) is 5.69 Å². The topological polar surface area (TPSA) is 75.7 Å². The van der Waals surface area contributed by atoms with Gasteiger partial charge in [0.05, 0.1) is 24.5 Å². The summed E-state index contributed by atoms with van der Waals surface area (Å²) in [7, 11) is -3.51. The van der Waals surface area contributed by atoms with Gasteiger partial charge in [0.2, 0.25) is 10.0 Å². The fourth-order valence-corrected chi connectivity index (χ4v) is 6.98. The van der Waals surface area contributed by atoms with E-state index in [0.29, 0.717) is 11.3 Å². The number of nitrogens with zero attached hydrogens (tertiary/aromatic N) is 1. The molecule has 5 rings (SSSR count). The van der Waals surface area contributed by atoms with Gasteiger partial charge in [0.15, 0.2) is 0 Å². The van der Waals surface area contributed by atoms with Gasteiger partial charge in [-0.15, -0.1) is 0 Å². The highest BCUT2D eigenvalue weighted by molar-refractivity contribution is 7.92. The summed E-state index contributed by atoms with van der Waals surface area (Å²) in [6, 6.07) is 20.9. The average molecular weight is 533 g/mol. The molecule has 7 heteroatoms. The molecule has 3 aromatic rings. The molecule has 1 saturated carbocycles. The number of carbonyl (C=O) groups excluding carboxylic acids is 1. The number of fused-ring (bicyclic) bond motifs is 1. The Labute approximate surface area is 226 Å². The summed E-state index contributed by atoms with van der Waals surface area (Å²) in [4.78, 5) is 13.3. The van der Waals surface area contributed by atoms with Gasteiger partial charge in [0, 0.05) is 17.5 Å². The van der Waals surface area contributed by atoms with Crippen LogP contribution in [-0.2, 0) is 16.6 Å². The SMILES string of the molecule is Cc1cccc(C)c1N(Cc1ccc(C(=O)N[C@H]2CC3(CCCCC3)Oc3ccccc32)cc1)S(C)(=O)=O. The normalized spacial score (nSPS) is 18.3. The van der Waals surface area contributed by atoms with Crippen LogP contribution in [0.25, 0.3) is 0 Å². The number of benzene rings is 3. The lowest BCUT2D eigenvalue weighted by Gasteiger charge is -2.44. The van der Waals surface area contributed by atoms with E-state index in [4.69, 9.17) is 4.74 Å². The number of anilines is 1. The summed E-state index contributed by atoms with van der Waals surface area (Å²) in [5.74, 6) is 0.729. The van der Waals surface area contributed by atoms with Gasteiger partial charge in [0.1, 0.15) is 11.4 Å². The van der Waals surface area contributed by atoms with Gasteiger partial charge in [-0.05, 0) is 74.4 Å². The van der Waals surface area contributed by atoms with Crippen molar-refractivity contribution >= 4 is 21.6 Å². The maximum atomic E-state index is 13.3. The minimum Gasteiger partial charge on any atom is -0.487 e. The first-order valence-electron chi connectivity index (χ1n) is 13.4. The highest BCUT2D eigenvalue weighted by Crippen LogP contribution is 2.46. The molecule has 0 radical (unpaired) electrons. The van der Waals surface area contributed by atoms with Crippen LogP contribution in [0.5, 0.6) is 5.75 Å². The molecular formula is C31H36N2O4S. The highest BCUT2D eigenvalue weighted by Gasteiger charge is 2.42. The Hall–Kier alpha value is -3.32. The second-order valence-electron chi connectivity index (χ2n) is 10.8. The Balaban J connectivity index is 1.34. The van der Waals surface area contributed by atoms with Crippen LogP contribution in [0.2, 0.25) is 0 Å². The maximum absolute atomic E-state index is 13.3. The quantitative estimate of drug-likeness (QED) is 0.409. The molecule has 6 nitrogen and oxygen atoms in total. The number of hydrogen-bond donors (Lipinski definition) is 1. The standard InChI is InChI=1S/C31H36N2O4S/c1-22-10-9-11-23(2)29(22)33(38(3,35)36)21-24-14-16-25(17-15-24)30(34)32-27-20-31(18-7-4-8-19-31)37-28-13-6-5-12-26(27)28/h5-6,9-17,27H,4,7-8,18-21H2,1-3H3,(H,32,34)/t27-/m0/s1. The first-order valence-corrected chi connectivity index (χ1v) is 15.2. The van der Waals surface area contributed by atoms with E-state index in [0.717, 1.165) is 60.1 Å². The largest absolute Gasteiger partial charge is 0.487 e. The predicted octanol–water partition coefficient (Wildman–Crippen LogP) is 6.23. The van der Waals surface area contributed by atoms with Gasteiger partial charge in [-0.2, -0.15) is 0 Å². The molecule has 200 valence electrons. The van der Waals surface area contributed by atoms with Crippen molar-refractivity contribution in [3.05, 3.63) is 94.5 Å². The van der Waals surface area contributed by atoms with Crippen LogP contribution in [0.1, 0.15) is 77.2 Å². The second-order valence-corrected chi connectivity index (χ2v) is 12.7. The van der Waals surface area contributed by atoms with E-state index >= 15 is 0 Å². The average Bonchev–Trinajstić information content (AvgIpc) is 2.88. The maximum Gasteiger partial charge on any atom is 0.251 e. The van der Waals surface area contributed by atoms with Crippen LogP contribution < -0.4 is 14.4 Å². The molecule has 1 heterocycles. The van der Waals surface area contributed by atoms with Crippen LogP contribution in [0.15, 0.2) is 66.7 Å².